The van der Waals surface area contributed by atoms with Crippen molar-refractivity contribution in [3.8, 4) is 0 Å². The molecule has 0 heterocycles. The number of hydrogen-bond donors (Lipinski definition) is 0. The Hall–Kier alpha value is -2.23. The van der Waals surface area contributed by atoms with Gasteiger partial charge in [-0.2, -0.15) is 0 Å². The molecular formula is C40H56O4. The minimum atomic E-state index is -0.639. The Kier molecular flexibility index (Phi) is 7.50. The fraction of sp³-hybridized carbons (Fsp3) is 0.725. The van der Waals surface area contributed by atoms with Crippen LogP contribution in [-0.2, 0) is 25.5 Å². The van der Waals surface area contributed by atoms with Crippen LogP contribution in [0.5, 0.6) is 0 Å². The van der Waals surface area contributed by atoms with Crippen molar-refractivity contribution in [3.63, 3.8) is 0 Å². The van der Waals surface area contributed by atoms with Gasteiger partial charge in [0.2, 0.25) is 0 Å². The van der Waals surface area contributed by atoms with E-state index in [2.05, 4.69) is 79.7 Å². The molecule has 5 aliphatic rings. The van der Waals surface area contributed by atoms with E-state index >= 15 is 0 Å². The van der Waals surface area contributed by atoms with Gasteiger partial charge in [0.1, 0.15) is 11.9 Å². The number of benzene rings is 1. The maximum atomic E-state index is 14.5. The highest BCUT2D eigenvalue weighted by molar-refractivity contribution is 6.07. The van der Waals surface area contributed by atoms with E-state index in [1.807, 2.05) is 0 Å². The summed E-state index contributed by atoms with van der Waals surface area (Å²) in [6.07, 6.45) is 9.09. The molecule has 1 aromatic rings. The summed E-state index contributed by atoms with van der Waals surface area (Å²) >= 11 is 0. The number of Topliss-reactive ketones (excluding diaryl/α,β-unsaturated/α-hetero) is 2. The topological polar surface area (TPSA) is 60.4 Å². The average molecular weight is 601 g/mol. The molecule has 0 radical (unpaired) electrons. The highest BCUT2D eigenvalue weighted by Crippen LogP contribution is 2.76. The summed E-state index contributed by atoms with van der Waals surface area (Å²) in [6.45, 7) is 20.3. The van der Waals surface area contributed by atoms with Crippen molar-refractivity contribution in [1.29, 1.82) is 0 Å². The first kappa shape index (κ1) is 31.7. The first-order chi connectivity index (χ1) is 20.5. The minimum Gasteiger partial charge on any atom is -0.462 e. The highest BCUT2D eigenvalue weighted by atomic mass is 16.5. The predicted molar refractivity (Wildman–Crippen MR) is 175 cm³/mol. The smallest absolute Gasteiger partial charge is 0.302 e. The van der Waals surface area contributed by atoms with E-state index in [9.17, 15) is 14.4 Å². The molecule has 0 bridgehead atoms. The van der Waals surface area contributed by atoms with Crippen LogP contribution in [0.25, 0.3) is 0 Å². The molecule has 0 spiro atoms. The van der Waals surface area contributed by atoms with Crippen LogP contribution in [0.2, 0.25) is 0 Å². The van der Waals surface area contributed by atoms with Crippen LogP contribution in [-0.4, -0.2) is 23.6 Å². The van der Waals surface area contributed by atoms with Gasteiger partial charge in [-0.15, -0.1) is 0 Å². The number of ether oxygens (including phenoxy) is 1. The van der Waals surface area contributed by atoms with Crippen molar-refractivity contribution in [2.24, 2.45) is 50.7 Å². The van der Waals surface area contributed by atoms with Gasteiger partial charge in [0.25, 0.3) is 0 Å². The Morgan fingerprint density at radius 1 is 0.864 bits per heavy atom. The molecule has 0 saturated heterocycles. The quantitative estimate of drug-likeness (QED) is 0.317. The van der Waals surface area contributed by atoms with Gasteiger partial charge in [-0.1, -0.05) is 78.3 Å². The van der Waals surface area contributed by atoms with Gasteiger partial charge in [-0.3, -0.25) is 14.4 Å². The zero-order valence-corrected chi connectivity index (χ0v) is 28.9. The van der Waals surface area contributed by atoms with Crippen LogP contribution in [0.3, 0.4) is 0 Å². The van der Waals surface area contributed by atoms with Gasteiger partial charge in [-0.05, 0) is 115 Å². The summed E-state index contributed by atoms with van der Waals surface area (Å²) in [5.41, 5.74) is 4.14. The molecule has 4 fully saturated rings. The first-order valence-electron chi connectivity index (χ1n) is 17.5. The van der Waals surface area contributed by atoms with Crippen LogP contribution in [0.4, 0.5) is 0 Å². The highest BCUT2D eigenvalue weighted by Gasteiger charge is 2.70. The van der Waals surface area contributed by atoms with Crippen molar-refractivity contribution in [3.05, 3.63) is 46.5 Å². The second kappa shape index (κ2) is 10.4. The zero-order chi connectivity index (χ0) is 32.0. The zero-order valence-electron chi connectivity index (χ0n) is 28.9. The van der Waals surface area contributed by atoms with Crippen LogP contribution >= 0.6 is 0 Å². The van der Waals surface area contributed by atoms with Gasteiger partial charge < -0.3 is 4.74 Å². The molecule has 240 valence electrons. The molecule has 1 aromatic carbocycles. The maximum absolute atomic E-state index is 14.5. The third-order valence-electron chi connectivity index (χ3n) is 14.7. The lowest BCUT2D eigenvalue weighted by atomic mass is 9.33. The van der Waals surface area contributed by atoms with Gasteiger partial charge in [0.05, 0.1) is 5.41 Å². The van der Waals surface area contributed by atoms with Crippen LogP contribution in [0.1, 0.15) is 124 Å². The molecule has 0 aliphatic heterocycles. The number of esters is 1. The Labute approximate surface area is 266 Å². The van der Waals surface area contributed by atoms with E-state index in [0.717, 1.165) is 62.5 Å². The normalized spacial score (nSPS) is 41.0. The third-order valence-corrected chi connectivity index (χ3v) is 14.7. The number of allylic oxidation sites excluding steroid dienone is 2. The Balaban J connectivity index is 1.38. The molecule has 8 atom stereocenters. The van der Waals surface area contributed by atoms with Crippen molar-refractivity contribution in [1.82, 2.24) is 0 Å². The van der Waals surface area contributed by atoms with E-state index in [1.54, 1.807) is 6.92 Å². The molecular weight excluding hydrogens is 544 g/mol. The third kappa shape index (κ3) is 4.31. The Morgan fingerprint density at radius 3 is 2.18 bits per heavy atom. The average Bonchev–Trinajstić information content (AvgIpc) is 3.25. The van der Waals surface area contributed by atoms with Crippen molar-refractivity contribution in [2.75, 3.05) is 0 Å². The standard InChI is InChI=1S/C40H56O4/c1-24(2)34-29(42)23-40(32(43)22-27-12-10-25(3)11-13-27)21-20-38(8)28(35(34)40)14-15-31-37(7)18-17-33(44-26(4)41)36(5,6)30(37)16-19-39(31,38)9/h10-13,24,28,30-31,33H,14-23H2,1-9H3/t28-,30+,31-,33+,37+,38-,39-,40+/m1/s1. The number of carbonyl (C=O) groups excluding carboxylic acids is 3. The van der Waals surface area contributed by atoms with Crippen molar-refractivity contribution >= 4 is 17.5 Å². The molecule has 6 rings (SSSR count). The number of fused-ring (bicyclic) bond motifs is 7. The monoisotopic (exact) mass is 600 g/mol. The Bertz CT molecular complexity index is 1400. The molecule has 0 aromatic heterocycles. The lowest BCUT2D eigenvalue weighted by Crippen LogP contribution is -2.66. The Morgan fingerprint density at radius 2 is 1.55 bits per heavy atom. The van der Waals surface area contributed by atoms with Crippen LogP contribution in [0.15, 0.2) is 35.4 Å². The molecule has 0 N–H and O–H groups in total. The largest absolute Gasteiger partial charge is 0.462 e. The second-order valence-electron chi connectivity index (χ2n) is 17.3. The molecule has 0 amide bonds. The summed E-state index contributed by atoms with van der Waals surface area (Å²) in [7, 11) is 0. The van der Waals surface area contributed by atoms with Crippen LogP contribution in [0, 0.1) is 57.7 Å². The number of aryl methyl sites for hydroxylation is 1. The van der Waals surface area contributed by atoms with E-state index in [1.165, 1.54) is 11.1 Å². The lowest BCUT2D eigenvalue weighted by molar-refractivity contribution is -0.232. The van der Waals surface area contributed by atoms with Gasteiger partial charge >= 0.3 is 5.97 Å². The molecule has 4 saturated carbocycles. The second-order valence-corrected chi connectivity index (χ2v) is 17.3. The van der Waals surface area contributed by atoms with Gasteiger partial charge in [-0.25, -0.2) is 0 Å². The summed E-state index contributed by atoms with van der Waals surface area (Å²) in [6, 6.07) is 8.36. The lowest BCUT2D eigenvalue weighted by Gasteiger charge is -2.72. The van der Waals surface area contributed by atoms with E-state index < -0.39 is 5.41 Å². The fourth-order valence-electron chi connectivity index (χ4n) is 12.4. The summed E-state index contributed by atoms with van der Waals surface area (Å²) in [5, 5.41) is 0. The summed E-state index contributed by atoms with van der Waals surface area (Å²) in [5.74, 6) is 1.80. The molecule has 44 heavy (non-hydrogen) atoms. The number of ketones is 2. The fourth-order valence-corrected chi connectivity index (χ4v) is 12.4. The molecule has 5 aliphatic carbocycles. The van der Waals surface area contributed by atoms with E-state index in [0.29, 0.717) is 24.7 Å². The summed E-state index contributed by atoms with van der Waals surface area (Å²) < 4.78 is 5.93. The van der Waals surface area contributed by atoms with Crippen molar-refractivity contribution in [2.45, 2.75) is 133 Å². The molecule has 0 unspecified atom stereocenters. The first-order valence-corrected chi connectivity index (χ1v) is 17.5. The molecule has 4 heteroatoms. The SMILES string of the molecule is CC(=O)O[C@H]1CC[C@]2(C)[C@H]3CC[C@@H]4C5=C(C(C)C)C(=O)C[C@]5(C(=O)Cc5ccc(C)cc5)CC[C@@]4(C)[C@]3(C)CC[C@H]2C1(C)C. The minimum absolute atomic E-state index is 0.0209. The number of carbonyl (C=O) groups is 3. The number of rotatable bonds is 5. The number of hydrogen-bond acceptors (Lipinski definition) is 4. The molecule has 4 nitrogen and oxygen atoms in total. The van der Waals surface area contributed by atoms with E-state index in [-0.39, 0.29) is 57.1 Å². The maximum Gasteiger partial charge on any atom is 0.302 e. The summed E-state index contributed by atoms with van der Waals surface area (Å²) in [4.78, 5) is 40.4. The van der Waals surface area contributed by atoms with Crippen molar-refractivity contribution < 1.29 is 19.1 Å². The predicted octanol–water partition coefficient (Wildman–Crippen LogP) is 9.02. The van der Waals surface area contributed by atoms with Gasteiger partial charge in [0.15, 0.2) is 5.78 Å². The van der Waals surface area contributed by atoms with Crippen LogP contribution < -0.4 is 0 Å². The van der Waals surface area contributed by atoms with E-state index in [4.69, 9.17) is 4.74 Å². The van der Waals surface area contributed by atoms with Gasteiger partial charge in [0, 0.05) is 25.2 Å².